The minimum absolute atomic E-state index is 0.456. The van der Waals surface area contributed by atoms with Crippen LogP contribution in [0.3, 0.4) is 0 Å². The minimum Gasteiger partial charge on any atom is -0.313 e. The van der Waals surface area contributed by atoms with Crippen molar-refractivity contribution in [2.75, 3.05) is 13.1 Å². The number of piperidine rings is 1. The first-order chi connectivity index (χ1) is 8.57. The van der Waals surface area contributed by atoms with Crippen molar-refractivity contribution in [2.24, 2.45) is 11.3 Å². The standard InChI is InChI=1S/C16H32N2/c1-16(2,3)14-9-4-5-10-15(14)18-12-13-8-6-7-11-17-13/h13-15,17-18H,4-12H2,1-3H3. The van der Waals surface area contributed by atoms with E-state index in [4.69, 9.17) is 0 Å². The van der Waals surface area contributed by atoms with E-state index in [1.807, 2.05) is 0 Å². The predicted molar refractivity (Wildman–Crippen MR) is 78.8 cm³/mol. The van der Waals surface area contributed by atoms with Crippen LogP contribution >= 0.6 is 0 Å². The zero-order valence-corrected chi connectivity index (χ0v) is 12.6. The second kappa shape index (κ2) is 6.38. The highest BCUT2D eigenvalue weighted by Crippen LogP contribution is 2.37. The normalized spacial score (nSPS) is 34.5. The molecule has 1 heterocycles. The van der Waals surface area contributed by atoms with Gasteiger partial charge in [-0.3, -0.25) is 0 Å². The first kappa shape index (κ1) is 14.3. The Morgan fingerprint density at radius 2 is 1.72 bits per heavy atom. The molecule has 3 atom stereocenters. The number of hydrogen-bond acceptors (Lipinski definition) is 2. The maximum absolute atomic E-state index is 3.89. The van der Waals surface area contributed by atoms with Crippen LogP contribution < -0.4 is 10.6 Å². The van der Waals surface area contributed by atoms with Crippen molar-refractivity contribution in [1.82, 2.24) is 10.6 Å². The van der Waals surface area contributed by atoms with Gasteiger partial charge in [-0.2, -0.15) is 0 Å². The van der Waals surface area contributed by atoms with Gasteiger partial charge >= 0.3 is 0 Å². The molecule has 2 nitrogen and oxygen atoms in total. The highest BCUT2D eigenvalue weighted by atomic mass is 15.0. The van der Waals surface area contributed by atoms with Gasteiger partial charge in [0.15, 0.2) is 0 Å². The van der Waals surface area contributed by atoms with E-state index in [-0.39, 0.29) is 0 Å². The summed E-state index contributed by atoms with van der Waals surface area (Å²) in [5.74, 6) is 0.856. The first-order valence-electron chi connectivity index (χ1n) is 8.04. The molecule has 18 heavy (non-hydrogen) atoms. The van der Waals surface area contributed by atoms with Crippen molar-refractivity contribution in [3.63, 3.8) is 0 Å². The van der Waals surface area contributed by atoms with Crippen LogP contribution in [0, 0.1) is 11.3 Å². The van der Waals surface area contributed by atoms with Crippen LogP contribution in [-0.4, -0.2) is 25.2 Å². The zero-order valence-electron chi connectivity index (χ0n) is 12.6. The van der Waals surface area contributed by atoms with Crippen molar-refractivity contribution in [2.45, 2.75) is 77.8 Å². The monoisotopic (exact) mass is 252 g/mol. The van der Waals surface area contributed by atoms with Gasteiger partial charge in [-0.05, 0) is 43.6 Å². The first-order valence-corrected chi connectivity index (χ1v) is 8.04. The van der Waals surface area contributed by atoms with Crippen LogP contribution in [0.5, 0.6) is 0 Å². The quantitative estimate of drug-likeness (QED) is 0.805. The summed E-state index contributed by atoms with van der Waals surface area (Å²) in [7, 11) is 0. The summed E-state index contributed by atoms with van der Waals surface area (Å²) in [4.78, 5) is 0. The summed E-state index contributed by atoms with van der Waals surface area (Å²) >= 11 is 0. The lowest BCUT2D eigenvalue weighted by atomic mass is 9.69. The molecule has 2 fully saturated rings. The van der Waals surface area contributed by atoms with Crippen LogP contribution in [0.1, 0.15) is 65.7 Å². The minimum atomic E-state index is 0.456. The Balaban J connectivity index is 1.81. The topological polar surface area (TPSA) is 24.1 Å². The maximum atomic E-state index is 3.89. The van der Waals surface area contributed by atoms with Gasteiger partial charge in [0.1, 0.15) is 0 Å². The molecule has 2 rings (SSSR count). The summed E-state index contributed by atoms with van der Waals surface area (Å²) in [5.41, 5.74) is 0.456. The predicted octanol–water partition coefficient (Wildman–Crippen LogP) is 3.32. The van der Waals surface area contributed by atoms with Crippen LogP contribution in [0.15, 0.2) is 0 Å². The molecule has 2 N–H and O–H groups in total. The van der Waals surface area contributed by atoms with Gasteiger partial charge in [-0.1, -0.05) is 40.0 Å². The van der Waals surface area contributed by atoms with Gasteiger partial charge < -0.3 is 10.6 Å². The smallest absolute Gasteiger partial charge is 0.0192 e. The molecule has 0 aromatic carbocycles. The summed E-state index contributed by atoms with van der Waals surface area (Å²) in [5, 5.41) is 7.54. The van der Waals surface area contributed by atoms with Gasteiger partial charge in [0.2, 0.25) is 0 Å². The number of rotatable bonds is 3. The third-order valence-corrected chi connectivity index (χ3v) is 4.92. The van der Waals surface area contributed by atoms with Crippen molar-refractivity contribution in [1.29, 1.82) is 0 Å². The van der Waals surface area contributed by atoms with Crippen LogP contribution in [-0.2, 0) is 0 Å². The fourth-order valence-corrected chi connectivity index (χ4v) is 3.80. The van der Waals surface area contributed by atoms with Crippen LogP contribution in [0.4, 0.5) is 0 Å². The van der Waals surface area contributed by atoms with Gasteiger partial charge in [-0.15, -0.1) is 0 Å². The SMILES string of the molecule is CC(C)(C)C1CCCCC1NCC1CCCCN1. The van der Waals surface area contributed by atoms with Crippen LogP contribution in [0.2, 0.25) is 0 Å². The molecule has 0 aromatic heterocycles. The molecule has 0 radical (unpaired) electrons. The van der Waals surface area contributed by atoms with Crippen molar-refractivity contribution < 1.29 is 0 Å². The molecule has 1 aliphatic carbocycles. The summed E-state index contributed by atoms with van der Waals surface area (Å²) < 4.78 is 0. The van der Waals surface area contributed by atoms with E-state index in [9.17, 15) is 0 Å². The van der Waals surface area contributed by atoms with Gasteiger partial charge in [0.05, 0.1) is 0 Å². The average molecular weight is 252 g/mol. The van der Waals surface area contributed by atoms with E-state index in [0.29, 0.717) is 5.41 Å². The number of nitrogens with one attached hydrogen (secondary N) is 2. The molecule has 0 bridgehead atoms. The molecular formula is C16H32N2. The molecule has 1 saturated heterocycles. The molecule has 0 amide bonds. The Bertz CT molecular complexity index is 238. The van der Waals surface area contributed by atoms with E-state index in [1.54, 1.807) is 0 Å². The second-order valence-corrected chi connectivity index (χ2v) is 7.42. The van der Waals surface area contributed by atoms with Gasteiger partial charge in [-0.25, -0.2) is 0 Å². The Hall–Kier alpha value is -0.0800. The third kappa shape index (κ3) is 3.96. The second-order valence-electron chi connectivity index (χ2n) is 7.42. The summed E-state index contributed by atoms with van der Waals surface area (Å²) in [6.07, 6.45) is 9.79. The van der Waals surface area contributed by atoms with Gasteiger partial charge in [0.25, 0.3) is 0 Å². The lowest BCUT2D eigenvalue weighted by molar-refractivity contribution is 0.128. The summed E-state index contributed by atoms with van der Waals surface area (Å²) in [6, 6.07) is 1.48. The molecule has 1 aliphatic heterocycles. The van der Waals surface area contributed by atoms with Gasteiger partial charge in [0, 0.05) is 18.6 Å². The van der Waals surface area contributed by atoms with Crippen molar-refractivity contribution >= 4 is 0 Å². The molecule has 106 valence electrons. The summed E-state index contributed by atoms with van der Waals surface area (Å²) in [6.45, 7) is 9.64. The maximum Gasteiger partial charge on any atom is 0.0192 e. The largest absolute Gasteiger partial charge is 0.313 e. The van der Waals surface area contributed by atoms with E-state index >= 15 is 0 Å². The molecule has 1 saturated carbocycles. The zero-order chi connectivity index (χ0) is 13.0. The highest BCUT2D eigenvalue weighted by Gasteiger charge is 2.34. The molecule has 2 aliphatic rings. The lowest BCUT2D eigenvalue weighted by Gasteiger charge is -2.41. The van der Waals surface area contributed by atoms with E-state index in [0.717, 1.165) is 18.0 Å². The molecule has 0 aromatic rings. The number of hydrogen-bond donors (Lipinski definition) is 2. The van der Waals surface area contributed by atoms with Crippen LogP contribution in [0.25, 0.3) is 0 Å². The Labute approximate surface area is 113 Å². The van der Waals surface area contributed by atoms with Crippen molar-refractivity contribution in [3.05, 3.63) is 0 Å². The fourth-order valence-electron chi connectivity index (χ4n) is 3.80. The van der Waals surface area contributed by atoms with E-state index in [2.05, 4.69) is 31.4 Å². The van der Waals surface area contributed by atoms with E-state index < -0.39 is 0 Å². The molecule has 0 spiro atoms. The molecule has 3 unspecified atom stereocenters. The molecular weight excluding hydrogens is 220 g/mol. The Morgan fingerprint density at radius 3 is 2.39 bits per heavy atom. The Kier molecular flexibility index (Phi) is 5.08. The molecule has 2 heteroatoms. The third-order valence-electron chi connectivity index (χ3n) is 4.92. The lowest BCUT2D eigenvalue weighted by Crippen LogP contribution is -2.50. The average Bonchev–Trinajstić information content (AvgIpc) is 2.37. The fraction of sp³-hybridized carbons (Fsp3) is 1.00. The Morgan fingerprint density at radius 1 is 1.00 bits per heavy atom. The van der Waals surface area contributed by atoms with Crippen molar-refractivity contribution in [3.8, 4) is 0 Å². The highest BCUT2D eigenvalue weighted by molar-refractivity contribution is 4.89. The van der Waals surface area contributed by atoms with E-state index in [1.165, 1.54) is 58.0 Å².